The Hall–Kier alpha value is -0.750. The van der Waals surface area contributed by atoms with Crippen molar-refractivity contribution in [3.05, 3.63) is 33.8 Å². The molecule has 1 heterocycles. The molecule has 0 bridgehead atoms. The van der Waals surface area contributed by atoms with E-state index in [1.807, 2.05) is 19.1 Å². The maximum Gasteiger partial charge on any atom is 0.0687 e. The standard InChI is InChI=1S/C14H16Cl2N2/c1-14(10-17)5-7-18(8-6-14)9-11-3-2-4-12(15)13(11)16/h2-4H,5-9H2,1H3. The highest BCUT2D eigenvalue weighted by atomic mass is 35.5. The first-order valence-electron chi connectivity index (χ1n) is 6.10. The minimum atomic E-state index is -0.158. The van der Waals surface area contributed by atoms with Gasteiger partial charge in [-0.2, -0.15) is 5.26 Å². The average molecular weight is 283 g/mol. The normalized spacial score (nSPS) is 19.4. The predicted molar refractivity (Wildman–Crippen MR) is 74.7 cm³/mol. The van der Waals surface area contributed by atoms with Crippen molar-refractivity contribution in [1.29, 1.82) is 5.26 Å². The summed E-state index contributed by atoms with van der Waals surface area (Å²) in [5, 5.41) is 10.4. The van der Waals surface area contributed by atoms with Crippen LogP contribution in [0.3, 0.4) is 0 Å². The summed E-state index contributed by atoms with van der Waals surface area (Å²) in [7, 11) is 0. The lowest BCUT2D eigenvalue weighted by Crippen LogP contribution is -2.37. The van der Waals surface area contributed by atoms with Crippen molar-refractivity contribution in [2.24, 2.45) is 5.41 Å². The van der Waals surface area contributed by atoms with Gasteiger partial charge in [-0.05, 0) is 44.5 Å². The van der Waals surface area contributed by atoms with E-state index in [1.54, 1.807) is 6.07 Å². The molecule has 1 aromatic carbocycles. The summed E-state index contributed by atoms with van der Waals surface area (Å²) in [4.78, 5) is 2.33. The Morgan fingerprint density at radius 1 is 1.33 bits per heavy atom. The van der Waals surface area contributed by atoms with Crippen LogP contribution in [-0.2, 0) is 6.54 Å². The monoisotopic (exact) mass is 282 g/mol. The van der Waals surface area contributed by atoms with Crippen LogP contribution in [0, 0.1) is 16.7 Å². The number of nitriles is 1. The Labute approximate surface area is 118 Å². The minimum Gasteiger partial charge on any atom is -0.299 e. The van der Waals surface area contributed by atoms with Gasteiger partial charge in [0.15, 0.2) is 0 Å². The maximum atomic E-state index is 9.10. The number of hydrogen-bond donors (Lipinski definition) is 0. The lowest BCUT2D eigenvalue weighted by Gasteiger charge is -2.35. The second-order valence-corrected chi connectivity index (χ2v) is 5.95. The molecule has 0 saturated carbocycles. The Morgan fingerprint density at radius 3 is 2.61 bits per heavy atom. The van der Waals surface area contributed by atoms with E-state index >= 15 is 0 Å². The molecule has 0 atom stereocenters. The summed E-state index contributed by atoms with van der Waals surface area (Å²) in [6.07, 6.45) is 1.84. The molecule has 2 rings (SSSR count). The lowest BCUT2D eigenvalue weighted by atomic mass is 9.82. The average Bonchev–Trinajstić information content (AvgIpc) is 2.38. The van der Waals surface area contributed by atoms with Crippen LogP contribution in [0.2, 0.25) is 10.0 Å². The van der Waals surface area contributed by atoms with Gasteiger partial charge in [-0.15, -0.1) is 0 Å². The van der Waals surface area contributed by atoms with E-state index in [0.717, 1.165) is 38.0 Å². The quantitative estimate of drug-likeness (QED) is 0.816. The first-order chi connectivity index (χ1) is 8.54. The third-order valence-electron chi connectivity index (χ3n) is 3.66. The first kappa shape index (κ1) is 13.7. The largest absolute Gasteiger partial charge is 0.299 e. The van der Waals surface area contributed by atoms with Gasteiger partial charge >= 0.3 is 0 Å². The van der Waals surface area contributed by atoms with Crippen LogP contribution in [0.4, 0.5) is 0 Å². The highest BCUT2D eigenvalue weighted by Crippen LogP contribution is 2.32. The van der Waals surface area contributed by atoms with Gasteiger partial charge < -0.3 is 0 Å². The van der Waals surface area contributed by atoms with Crippen LogP contribution in [0.5, 0.6) is 0 Å². The minimum absolute atomic E-state index is 0.158. The molecule has 1 saturated heterocycles. The predicted octanol–water partition coefficient (Wildman–Crippen LogP) is 4.12. The summed E-state index contributed by atoms with van der Waals surface area (Å²) in [5.74, 6) is 0. The fraction of sp³-hybridized carbons (Fsp3) is 0.500. The Morgan fingerprint density at radius 2 is 2.00 bits per heavy atom. The Balaban J connectivity index is 2.00. The summed E-state index contributed by atoms with van der Waals surface area (Å²) < 4.78 is 0. The molecular formula is C14H16Cl2N2. The van der Waals surface area contributed by atoms with Gasteiger partial charge in [0.1, 0.15) is 0 Å². The van der Waals surface area contributed by atoms with Crippen LogP contribution in [-0.4, -0.2) is 18.0 Å². The van der Waals surface area contributed by atoms with Crippen molar-refractivity contribution in [1.82, 2.24) is 4.90 Å². The fourth-order valence-corrected chi connectivity index (χ4v) is 2.61. The number of hydrogen-bond acceptors (Lipinski definition) is 2. The Kier molecular flexibility index (Phi) is 4.17. The van der Waals surface area contributed by atoms with E-state index in [1.165, 1.54) is 0 Å². The van der Waals surface area contributed by atoms with Gasteiger partial charge in [0.25, 0.3) is 0 Å². The molecule has 0 N–H and O–H groups in total. The van der Waals surface area contributed by atoms with Crippen LogP contribution in [0.25, 0.3) is 0 Å². The summed E-state index contributed by atoms with van der Waals surface area (Å²) >= 11 is 12.2. The summed E-state index contributed by atoms with van der Waals surface area (Å²) in [6, 6.07) is 8.14. The number of rotatable bonds is 2. The molecule has 1 fully saturated rings. The molecule has 1 aliphatic rings. The molecule has 1 aromatic rings. The molecule has 0 aromatic heterocycles. The third-order valence-corrected chi connectivity index (χ3v) is 4.51. The van der Waals surface area contributed by atoms with Crippen molar-refractivity contribution in [2.45, 2.75) is 26.3 Å². The van der Waals surface area contributed by atoms with Crippen LogP contribution >= 0.6 is 23.2 Å². The van der Waals surface area contributed by atoms with Gasteiger partial charge in [0, 0.05) is 6.54 Å². The van der Waals surface area contributed by atoms with E-state index in [4.69, 9.17) is 28.5 Å². The van der Waals surface area contributed by atoms with Crippen molar-refractivity contribution in [2.75, 3.05) is 13.1 Å². The number of piperidine rings is 1. The zero-order valence-electron chi connectivity index (χ0n) is 10.4. The molecular weight excluding hydrogens is 267 g/mol. The SMILES string of the molecule is CC1(C#N)CCN(Cc2cccc(Cl)c2Cl)CC1. The topological polar surface area (TPSA) is 27.0 Å². The second-order valence-electron chi connectivity index (χ2n) is 5.16. The molecule has 4 heteroatoms. The van der Waals surface area contributed by atoms with Crippen LogP contribution in [0.15, 0.2) is 18.2 Å². The molecule has 96 valence electrons. The smallest absolute Gasteiger partial charge is 0.0687 e. The molecule has 0 amide bonds. The van der Waals surface area contributed by atoms with Gasteiger partial charge in [0.05, 0.1) is 21.5 Å². The first-order valence-corrected chi connectivity index (χ1v) is 6.86. The van der Waals surface area contributed by atoms with Crippen LogP contribution < -0.4 is 0 Å². The van der Waals surface area contributed by atoms with Gasteiger partial charge in [-0.1, -0.05) is 35.3 Å². The van der Waals surface area contributed by atoms with E-state index in [-0.39, 0.29) is 5.41 Å². The molecule has 0 spiro atoms. The van der Waals surface area contributed by atoms with Gasteiger partial charge in [-0.25, -0.2) is 0 Å². The zero-order valence-corrected chi connectivity index (χ0v) is 11.9. The highest BCUT2D eigenvalue weighted by molar-refractivity contribution is 6.42. The Bertz CT molecular complexity index is 471. The van der Waals surface area contributed by atoms with Crippen molar-refractivity contribution < 1.29 is 0 Å². The van der Waals surface area contributed by atoms with Crippen LogP contribution in [0.1, 0.15) is 25.3 Å². The molecule has 1 aliphatic heterocycles. The van der Waals surface area contributed by atoms with E-state index in [0.29, 0.717) is 10.0 Å². The van der Waals surface area contributed by atoms with Crippen molar-refractivity contribution >= 4 is 23.2 Å². The number of benzene rings is 1. The van der Waals surface area contributed by atoms with Crippen molar-refractivity contribution in [3.63, 3.8) is 0 Å². The molecule has 0 aliphatic carbocycles. The maximum absolute atomic E-state index is 9.10. The fourth-order valence-electron chi connectivity index (χ4n) is 2.23. The molecule has 0 radical (unpaired) electrons. The lowest BCUT2D eigenvalue weighted by molar-refractivity contribution is 0.150. The number of likely N-dealkylation sites (tertiary alicyclic amines) is 1. The van der Waals surface area contributed by atoms with E-state index < -0.39 is 0 Å². The third kappa shape index (κ3) is 2.98. The van der Waals surface area contributed by atoms with E-state index in [9.17, 15) is 0 Å². The number of halogens is 2. The summed E-state index contributed by atoms with van der Waals surface area (Å²) in [5.41, 5.74) is 0.902. The van der Waals surface area contributed by atoms with Gasteiger partial charge in [-0.3, -0.25) is 4.90 Å². The summed E-state index contributed by atoms with van der Waals surface area (Å²) in [6.45, 7) is 4.72. The highest BCUT2D eigenvalue weighted by Gasteiger charge is 2.29. The molecule has 0 unspecified atom stereocenters. The van der Waals surface area contributed by atoms with Gasteiger partial charge in [0.2, 0.25) is 0 Å². The van der Waals surface area contributed by atoms with E-state index in [2.05, 4.69) is 11.0 Å². The van der Waals surface area contributed by atoms with Crippen molar-refractivity contribution in [3.8, 4) is 6.07 Å². The number of nitrogens with zero attached hydrogens (tertiary/aromatic N) is 2. The zero-order chi connectivity index (χ0) is 13.2. The molecule has 18 heavy (non-hydrogen) atoms. The molecule has 2 nitrogen and oxygen atoms in total. The second kappa shape index (κ2) is 5.48.